The molecule has 0 saturated heterocycles. The fraction of sp³-hybridized carbons (Fsp3) is 0.462. The maximum Gasteiger partial charge on any atom is 0.363 e. The van der Waals surface area contributed by atoms with Crippen LogP contribution in [0, 0.1) is 0 Å². The van der Waals surface area contributed by atoms with E-state index in [1.807, 2.05) is 6.07 Å². The first-order chi connectivity index (χ1) is 8.00. The fourth-order valence-corrected chi connectivity index (χ4v) is 2.11. The smallest absolute Gasteiger partial charge is 0.363 e. The maximum atomic E-state index is 10.9. The Morgan fingerprint density at radius 2 is 2.12 bits per heavy atom. The van der Waals surface area contributed by atoms with Gasteiger partial charge in [0.25, 0.3) is 5.72 Å². The average molecular weight is 235 g/mol. The van der Waals surface area contributed by atoms with Crippen LogP contribution in [0.15, 0.2) is 18.2 Å². The topological polar surface area (TPSA) is 72.5 Å². The van der Waals surface area contributed by atoms with Crippen molar-refractivity contribution in [3.63, 3.8) is 0 Å². The first-order valence-corrected chi connectivity index (χ1v) is 5.83. The molecule has 0 saturated carbocycles. The third-order valence-electron chi connectivity index (χ3n) is 3.10. The van der Waals surface area contributed by atoms with E-state index in [4.69, 9.17) is 15.6 Å². The first kappa shape index (κ1) is 11.9. The van der Waals surface area contributed by atoms with E-state index < -0.39 is 11.7 Å². The molecule has 0 heterocycles. The molecule has 0 radical (unpaired) electrons. The van der Waals surface area contributed by atoms with E-state index in [0.717, 1.165) is 24.8 Å². The SMILES string of the molecule is CC(N)(Oc1cccc2c1CCCC2)C(=O)O. The predicted octanol–water partition coefficient (Wildman–Crippen LogP) is 1.70. The van der Waals surface area contributed by atoms with Crippen molar-refractivity contribution < 1.29 is 14.6 Å². The van der Waals surface area contributed by atoms with Crippen molar-refractivity contribution in [1.82, 2.24) is 0 Å². The second-order valence-electron chi connectivity index (χ2n) is 4.62. The summed E-state index contributed by atoms with van der Waals surface area (Å²) in [7, 11) is 0. The first-order valence-electron chi connectivity index (χ1n) is 5.83. The molecule has 0 bridgehead atoms. The van der Waals surface area contributed by atoms with E-state index in [2.05, 4.69) is 6.07 Å². The molecule has 0 aliphatic heterocycles. The van der Waals surface area contributed by atoms with Gasteiger partial charge in [-0.1, -0.05) is 12.1 Å². The molecule has 4 nitrogen and oxygen atoms in total. The van der Waals surface area contributed by atoms with Gasteiger partial charge < -0.3 is 9.84 Å². The molecule has 1 aliphatic carbocycles. The van der Waals surface area contributed by atoms with Crippen molar-refractivity contribution in [2.45, 2.75) is 38.3 Å². The summed E-state index contributed by atoms with van der Waals surface area (Å²) in [5, 5.41) is 8.96. The van der Waals surface area contributed by atoms with E-state index in [0.29, 0.717) is 5.75 Å². The minimum Gasteiger partial charge on any atom is -0.477 e. The summed E-state index contributed by atoms with van der Waals surface area (Å²) in [6, 6.07) is 5.74. The van der Waals surface area contributed by atoms with E-state index in [-0.39, 0.29) is 0 Å². The Morgan fingerprint density at radius 1 is 1.41 bits per heavy atom. The molecule has 17 heavy (non-hydrogen) atoms. The molecule has 1 unspecified atom stereocenters. The van der Waals surface area contributed by atoms with Gasteiger partial charge in [0.2, 0.25) is 0 Å². The molecule has 1 aromatic carbocycles. The normalized spacial score (nSPS) is 18.0. The number of ether oxygens (including phenoxy) is 1. The summed E-state index contributed by atoms with van der Waals surface area (Å²) < 4.78 is 5.44. The quantitative estimate of drug-likeness (QED) is 0.782. The van der Waals surface area contributed by atoms with Crippen LogP contribution in [0.1, 0.15) is 30.9 Å². The molecule has 4 heteroatoms. The molecule has 92 valence electrons. The van der Waals surface area contributed by atoms with Gasteiger partial charge in [-0.05, 0) is 42.9 Å². The van der Waals surface area contributed by atoms with Crippen LogP contribution in [-0.2, 0) is 17.6 Å². The van der Waals surface area contributed by atoms with Crippen molar-refractivity contribution in [3.8, 4) is 5.75 Å². The summed E-state index contributed by atoms with van der Waals surface area (Å²) in [5.41, 5.74) is 6.28. The molecule has 1 aromatic rings. The number of carboxylic acids is 1. The highest BCUT2D eigenvalue weighted by atomic mass is 16.5. The van der Waals surface area contributed by atoms with Crippen LogP contribution < -0.4 is 10.5 Å². The predicted molar refractivity (Wildman–Crippen MR) is 63.9 cm³/mol. The number of carbonyl (C=O) groups is 1. The molecule has 0 spiro atoms. The van der Waals surface area contributed by atoms with Crippen LogP contribution >= 0.6 is 0 Å². The Kier molecular flexibility index (Phi) is 3.07. The third-order valence-corrected chi connectivity index (χ3v) is 3.10. The van der Waals surface area contributed by atoms with Gasteiger partial charge in [0.05, 0.1) is 0 Å². The zero-order chi connectivity index (χ0) is 12.5. The fourth-order valence-electron chi connectivity index (χ4n) is 2.11. The van der Waals surface area contributed by atoms with E-state index in [1.54, 1.807) is 6.07 Å². The third kappa shape index (κ3) is 2.42. The molecule has 3 N–H and O–H groups in total. The Hall–Kier alpha value is -1.55. The van der Waals surface area contributed by atoms with Crippen LogP contribution in [0.25, 0.3) is 0 Å². The number of carboxylic acid groups (broad SMARTS) is 1. The van der Waals surface area contributed by atoms with E-state index in [9.17, 15) is 4.79 Å². The van der Waals surface area contributed by atoms with E-state index >= 15 is 0 Å². The highest BCUT2D eigenvalue weighted by Gasteiger charge is 2.31. The molecule has 0 amide bonds. The molecular weight excluding hydrogens is 218 g/mol. The monoisotopic (exact) mass is 235 g/mol. The van der Waals surface area contributed by atoms with Gasteiger partial charge in [-0.25, -0.2) is 4.79 Å². The molecule has 1 aliphatic rings. The standard InChI is InChI=1S/C13H17NO3/c1-13(14,12(15)16)17-11-8-4-6-9-5-2-3-7-10(9)11/h4,6,8H,2-3,5,7,14H2,1H3,(H,15,16). The Balaban J connectivity index is 2.30. The summed E-state index contributed by atoms with van der Waals surface area (Å²) in [5.74, 6) is -0.555. The Labute approximate surface area is 100 Å². The molecule has 0 aromatic heterocycles. The van der Waals surface area contributed by atoms with Crippen molar-refractivity contribution in [2.75, 3.05) is 0 Å². The number of nitrogens with two attached hydrogens (primary N) is 1. The zero-order valence-corrected chi connectivity index (χ0v) is 9.90. The largest absolute Gasteiger partial charge is 0.477 e. The van der Waals surface area contributed by atoms with Crippen LogP contribution in [0.2, 0.25) is 0 Å². The van der Waals surface area contributed by atoms with Gasteiger partial charge in [-0.3, -0.25) is 5.73 Å². The van der Waals surface area contributed by atoms with Gasteiger partial charge in [0.15, 0.2) is 0 Å². The van der Waals surface area contributed by atoms with Gasteiger partial charge in [-0.2, -0.15) is 0 Å². The minimum atomic E-state index is -1.67. The zero-order valence-electron chi connectivity index (χ0n) is 9.90. The summed E-state index contributed by atoms with van der Waals surface area (Å²) >= 11 is 0. The number of aliphatic carboxylic acids is 1. The van der Waals surface area contributed by atoms with Gasteiger partial charge in [0.1, 0.15) is 5.75 Å². The Bertz CT molecular complexity index is 440. The second-order valence-corrected chi connectivity index (χ2v) is 4.62. The average Bonchev–Trinajstić information content (AvgIpc) is 2.29. The lowest BCUT2D eigenvalue weighted by Gasteiger charge is -2.25. The number of hydrogen-bond acceptors (Lipinski definition) is 3. The number of hydrogen-bond donors (Lipinski definition) is 2. The summed E-state index contributed by atoms with van der Waals surface area (Å²) in [6.07, 6.45) is 4.25. The van der Waals surface area contributed by atoms with Gasteiger partial charge in [-0.15, -0.1) is 0 Å². The lowest BCUT2D eigenvalue weighted by molar-refractivity contribution is -0.153. The Morgan fingerprint density at radius 3 is 2.82 bits per heavy atom. The minimum absolute atomic E-state index is 0.606. The van der Waals surface area contributed by atoms with Crippen LogP contribution in [0.3, 0.4) is 0 Å². The lowest BCUT2D eigenvalue weighted by Crippen LogP contribution is -2.50. The number of fused-ring (bicyclic) bond motifs is 1. The molecule has 2 rings (SSSR count). The number of benzene rings is 1. The van der Waals surface area contributed by atoms with E-state index in [1.165, 1.54) is 18.9 Å². The molecule has 1 atom stereocenters. The summed E-state index contributed by atoms with van der Waals surface area (Å²) in [6.45, 7) is 1.36. The van der Waals surface area contributed by atoms with Crippen molar-refractivity contribution >= 4 is 5.97 Å². The number of rotatable bonds is 3. The summed E-state index contributed by atoms with van der Waals surface area (Å²) in [4.78, 5) is 10.9. The molecular formula is C13H17NO3. The van der Waals surface area contributed by atoms with Crippen molar-refractivity contribution in [1.29, 1.82) is 0 Å². The van der Waals surface area contributed by atoms with Crippen molar-refractivity contribution in [3.05, 3.63) is 29.3 Å². The highest BCUT2D eigenvalue weighted by molar-refractivity contribution is 5.76. The van der Waals surface area contributed by atoms with Gasteiger partial charge >= 0.3 is 5.97 Å². The van der Waals surface area contributed by atoms with Crippen LogP contribution in [0.4, 0.5) is 0 Å². The van der Waals surface area contributed by atoms with Crippen LogP contribution in [0.5, 0.6) is 5.75 Å². The highest BCUT2D eigenvalue weighted by Crippen LogP contribution is 2.30. The maximum absolute atomic E-state index is 10.9. The molecule has 0 fully saturated rings. The second kappa shape index (κ2) is 4.37. The van der Waals surface area contributed by atoms with Crippen molar-refractivity contribution in [2.24, 2.45) is 5.73 Å². The van der Waals surface area contributed by atoms with Gasteiger partial charge in [0, 0.05) is 6.92 Å². The number of aryl methyl sites for hydroxylation is 1. The van der Waals surface area contributed by atoms with Crippen LogP contribution in [-0.4, -0.2) is 16.8 Å². The lowest BCUT2D eigenvalue weighted by atomic mass is 9.91.